The molecule has 0 bridgehead atoms. The molecule has 1 aromatic carbocycles. The van der Waals surface area contributed by atoms with Crippen molar-refractivity contribution < 1.29 is 8.42 Å². The molecule has 1 heterocycles. The Balaban J connectivity index is 2.75. The molecular weight excluding hydrogens is 288 g/mol. The maximum Gasteiger partial charge on any atom is 0.265 e. The first-order valence-electron chi connectivity index (χ1n) is 3.56. The van der Waals surface area contributed by atoms with Gasteiger partial charge in [-0.05, 0) is 18.2 Å². The summed E-state index contributed by atoms with van der Waals surface area (Å²) in [6, 6.07) is 5.35. The molecule has 0 amide bonds. The second-order valence-corrected chi connectivity index (χ2v) is 6.32. The monoisotopic (exact) mass is 292 g/mol. The zero-order chi connectivity index (χ0) is 10.3. The number of sulfonamides is 1. The van der Waals surface area contributed by atoms with Crippen LogP contribution in [0.25, 0.3) is 10.2 Å². The van der Waals surface area contributed by atoms with E-state index in [2.05, 4.69) is 20.9 Å². The molecule has 2 N–H and O–H groups in total. The lowest BCUT2D eigenvalue weighted by atomic mass is 10.3. The molecule has 0 radical (unpaired) electrons. The molecule has 0 saturated heterocycles. The molecule has 14 heavy (non-hydrogen) atoms. The van der Waals surface area contributed by atoms with Crippen molar-refractivity contribution in [2.24, 2.45) is 5.14 Å². The number of halogens is 1. The van der Waals surface area contributed by atoms with Crippen LogP contribution >= 0.6 is 27.3 Å². The van der Waals surface area contributed by atoms with Crippen molar-refractivity contribution in [2.45, 2.75) is 4.34 Å². The van der Waals surface area contributed by atoms with E-state index in [1.54, 1.807) is 12.1 Å². The smallest absolute Gasteiger partial charge is 0.224 e. The van der Waals surface area contributed by atoms with Gasteiger partial charge in [-0.15, -0.1) is 11.3 Å². The topological polar surface area (TPSA) is 73.1 Å². The highest BCUT2D eigenvalue weighted by Crippen LogP contribution is 2.27. The Kier molecular flexibility index (Phi) is 2.34. The van der Waals surface area contributed by atoms with Gasteiger partial charge in [-0.3, -0.25) is 0 Å². The number of hydrogen-bond donors (Lipinski definition) is 1. The quantitative estimate of drug-likeness (QED) is 0.869. The lowest BCUT2D eigenvalue weighted by Gasteiger charge is -1.86. The molecule has 0 aliphatic heterocycles. The molecular formula is C7H5BrN2O2S2. The van der Waals surface area contributed by atoms with Gasteiger partial charge in [-0.2, -0.15) is 0 Å². The molecule has 0 aliphatic rings. The highest BCUT2D eigenvalue weighted by molar-refractivity contribution is 9.10. The minimum atomic E-state index is -3.69. The molecule has 0 fully saturated rings. The highest BCUT2D eigenvalue weighted by Gasteiger charge is 2.14. The van der Waals surface area contributed by atoms with Gasteiger partial charge < -0.3 is 0 Å². The van der Waals surface area contributed by atoms with Gasteiger partial charge in [0.1, 0.15) is 0 Å². The fraction of sp³-hybridized carbons (Fsp3) is 0. The average Bonchev–Trinajstić information content (AvgIpc) is 2.45. The zero-order valence-electron chi connectivity index (χ0n) is 6.77. The molecule has 0 spiro atoms. The normalized spacial score (nSPS) is 12.1. The number of hydrogen-bond acceptors (Lipinski definition) is 4. The van der Waals surface area contributed by atoms with E-state index in [-0.39, 0.29) is 4.34 Å². The van der Waals surface area contributed by atoms with Crippen LogP contribution in [0.5, 0.6) is 0 Å². The van der Waals surface area contributed by atoms with Gasteiger partial charge in [0, 0.05) is 4.47 Å². The molecule has 1 aromatic heterocycles. The van der Waals surface area contributed by atoms with Crippen molar-refractivity contribution >= 4 is 47.5 Å². The summed E-state index contributed by atoms with van der Waals surface area (Å²) in [7, 11) is -3.69. The third kappa shape index (κ3) is 1.81. The van der Waals surface area contributed by atoms with Crippen molar-refractivity contribution in [1.82, 2.24) is 4.98 Å². The number of rotatable bonds is 1. The molecule has 2 rings (SSSR count). The van der Waals surface area contributed by atoms with E-state index in [1.165, 1.54) is 0 Å². The number of nitrogens with two attached hydrogens (primary N) is 1. The maximum absolute atomic E-state index is 11.0. The summed E-state index contributed by atoms with van der Waals surface area (Å²) in [4.78, 5) is 3.91. The molecule has 0 aliphatic carbocycles. The van der Waals surface area contributed by atoms with Crippen molar-refractivity contribution in [1.29, 1.82) is 0 Å². The number of primary sulfonamides is 1. The van der Waals surface area contributed by atoms with Gasteiger partial charge in [-0.1, -0.05) is 15.9 Å². The summed E-state index contributed by atoms with van der Waals surface area (Å²) >= 11 is 4.35. The van der Waals surface area contributed by atoms with Crippen molar-refractivity contribution in [3.8, 4) is 0 Å². The predicted molar refractivity (Wildman–Crippen MR) is 58.7 cm³/mol. The zero-order valence-corrected chi connectivity index (χ0v) is 9.99. The Bertz CT molecular complexity index is 591. The number of aromatic nitrogens is 1. The van der Waals surface area contributed by atoms with Crippen LogP contribution in [0.4, 0.5) is 0 Å². The molecule has 4 nitrogen and oxygen atoms in total. The summed E-state index contributed by atoms with van der Waals surface area (Å²) < 4.78 is 23.6. The second kappa shape index (κ2) is 3.27. The van der Waals surface area contributed by atoms with Crippen LogP contribution < -0.4 is 5.14 Å². The van der Waals surface area contributed by atoms with Gasteiger partial charge in [0.25, 0.3) is 10.0 Å². The Hall–Kier alpha value is -0.500. The lowest BCUT2D eigenvalue weighted by molar-refractivity contribution is 0.597. The summed E-state index contributed by atoms with van der Waals surface area (Å²) in [5, 5.41) is 4.97. The van der Waals surface area contributed by atoms with E-state index in [0.29, 0.717) is 5.52 Å². The highest BCUT2D eigenvalue weighted by atomic mass is 79.9. The summed E-state index contributed by atoms with van der Waals surface area (Å²) in [5.74, 6) is 0. The van der Waals surface area contributed by atoms with Crippen molar-refractivity contribution in [3.05, 3.63) is 22.7 Å². The van der Waals surface area contributed by atoms with Crippen LogP contribution in [-0.4, -0.2) is 13.4 Å². The fourth-order valence-corrected chi connectivity index (χ4v) is 3.21. The summed E-state index contributed by atoms with van der Waals surface area (Å²) in [6.45, 7) is 0. The van der Waals surface area contributed by atoms with E-state index < -0.39 is 10.0 Å². The van der Waals surface area contributed by atoms with E-state index >= 15 is 0 Å². The Morgan fingerprint density at radius 1 is 1.43 bits per heavy atom. The Morgan fingerprint density at radius 3 is 2.79 bits per heavy atom. The number of nitrogens with zero attached hydrogens (tertiary/aromatic N) is 1. The van der Waals surface area contributed by atoms with Gasteiger partial charge in [0.2, 0.25) is 4.34 Å². The average molecular weight is 293 g/mol. The molecule has 0 atom stereocenters. The lowest BCUT2D eigenvalue weighted by Crippen LogP contribution is -2.11. The van der Waals surface area contributed by atoms with Gasteiger partial charge in [-0.25, -0.2) is 18.5 Å². The van der Waals surface area contributed by atoms with E-state index in [9.17, 15) is 8.42 Å². The van der Waals surface area contributed by atoms with Crippen LogP contribution in [0.1, 0.15) is 0 Å². The minimum Gasteiger partial charge on any atom is -0.224 e. The minimum absolute atomic E-state index is 0.0504. The van der Waals surface area contributed by atoms with Gasteiger partial charge in [0.15, 0.2) is 0 Å². The first-order valence-corrected chi connectivity index (χ1v) is 6.71. The SMILES string of the molecule is NS(=O)(=O)c1nc2ccc(Br)cc2s1. The van der Waals surface area contributed by atoms with Crippen LogP contribution in [0, 0.1) is 0 Å². The van der Waals surface area contributed by atoms with Crippen LogP contribution in [0.15, 0.2) is 27.0 Å². The van der Waals surface area contributed by atoms with Crippen LogP contribution in [0.3, 0.4) is 0 Å². The third-order valence-electron chi connectivity index (χ3n) is 1.57. The van der Waals surface area contributed by atoms with Gasteiger partial charge in [0.05, 0.1) is 10.2 Å². The van der Waals surface area contributed by atoms with Crippen molar-refractivity contribution in [2.75, 3.05) is 0 Å². The van der Waals surface area contributed by atoms with E-state index in [0.717, 1.165) is 20.5 Å². The number of thiazole rings is 1. The number of fused-ring (bicyclic) bond motifs is 1. The third-order valence-corrected chi connectivity index (χ3v) is 4.41. The summed E-state index contributed by atoms with van der Waals surface area (Å²) in [5.41, 5.74) is 0.641. The Morgan fingerprint density at radius 2 is 2.14 bits per heavy atom. The molecule has 0 saturated carbocycles. The van der Waals surface area contributed by atoms with Gasteiger partial charge >= 0.3 is 0 Å². The fourth-order valence-electron chi connectivity index (χ4n) is 0.999. The standard InChI is InChI=1S/C7H5BrN2O2S2/c8-4-1-2-5-6(3-4)13-7(10-5)14(9,11)12/h1-3H,(H2,9,11,12). The molecule has 7 heteroatoms. The van der Waals surface area contributed by atoms with Crippen LogP contribution in [-0.2, 0) is 10.0 Å². The van der Waals surface area contributed by atoms with Crippen molar-refractivity contribution in [3.63, 3.8) is 0 Å². The first kappa shape index (κ1) is 10.0. The largest absolute Gasteiger partial charge is 0.265 e. The first-order chi connectivity index (χ1) is 6.47. The van der Waals surface area contributed by atoms with E-state index in [1.807, 2.05) is 6.07 Å². The Labute approximate surface area is 92.9 Å². The molecule has 0 unspecified atom stereocenters. The number of benzene rings is 1. The van der Waals surface area contributed by atoms with Crippen LogP contribution in [0.2, 0.25) is 0 Å². The molecule has 74 valence electrons. The van der Waals surface area contributed by atoms with E-state index in [4.69, 9.17) is 5.14 Å². The predicted octanol–water partition coefficient (Wildman–Crippen LogP) is 1.71. The second-order valence-electron chi connectivity index (χ2n) is 2.64. The summed E-state index contributed by atoms with van der Waals surface area (Å²) in [6.07, 6.45) is 0. The maximum atomic E-state index is 11.0. The molecule has 2 aromatic rings.